The van der Waals surface area contributed by atoms with Crippen LogP contribution in [0.25, 0.3) is 0 Å². The molecule has 0 aromatic rings. The van der Waals surface area contributed by atoms with E-state index in [2.05, 4.69) is 0 Å². The maximum absolute atomic E-state index is 9.84. The van der Waals surface area contributed by atoms with E-state index in [1.165, 1.54) is 14.2 Å². The smallest absolute Gasteiger partial charge is 0.187 e. The van der Waals surface area contributed by atoms with Crippen LogP contribution >= 0.6 is 0 Å². The molecular weight excluding hydrogens is 312 g/mol. The second kappa shape index (κ2) is 8.65. The minimum Gasteiger partial charge on any atom is -0.394 e. The Bertz CT molecular complexity index is 355. The van der Waals surface area contributed by atoms with E-state index in [1.54, 1.807) is 14.2 Å². The predicted octanol–water partition coefficient (Wildman–Crippen LogP) is -1.50. The summed E-state index contributed by atoms with van der Waals surface area (Å²) in [5.41, 5.74) is 0. The van der Waals surface area contributed by atoms with Crippen LogP contribution in [0.1, 0.15) is 0 Å². The first kappa shape index (κ1) is 19.0. The topological polar surface area (TPSA) is 105 Å². The molecule has 23 heavy (non-hydrogen) atoms. The molecule has 2 saturated heterocycles. The molecule has 2 fully saturated rings. The van der Waals surface area contributed by atoms with Crippen LogP contribution in [0.2, 0.25) is 0 Å². The average Bonchev–Trinajstić information content (AvgIpc) is 3.04. The molecule has 2 aliphatic rings. The van der Waals surface area contributed by atoms with Crippen molar-refractivity contribution in [1.82, 2.24) is 0 Å². The number of rotatable bonds is 8. The van der Waals surface area contributed by atoms with E-state index < -0.39 is 37.0 Å². The molecule has 9 heteroatoms. The molecule has 2 rings (SSSR count). The molecule has 0 aromatic carbocycles. The zero-order valence-corrected chi connectivity index (χ0v) is 13.8. The third-order valence-electron chi connectivity index (χ3n) is 4.17. The normalized spacial score (nSPS) is 44.1. The Morgan fingerprint density at radius 2 is 1.48 bits per heavy atom. The third-order valence-corrected chi connectivity index (χ3v) is 4.17. The molecule has 0 unspecified atom stereocenters. The molecule has 0 spiro atoms. The monoisotopic (exact) mass is 338 g/mol. The quantitative estimate of drug-likeness (QED) is 0.547. The van der Waals surface area contributed by atoms with Crippen molar-refractivity contribution in [2.45, 2.75) is 49.2 Å². The second-order valence-corrected chi connectivity index (χ2v) is 5.45. The largest absolute Gasteiger partial charge is 0.394 e. The molecule has 2 aliphatic heterocycles. The van der Waals surface area contributed by atoms with Gasteiger partial charge in [0.05, 0.1) is 13.2 Å². The van der Waals surface area contributed by atoms with Crippen molar-refractivity contribution in [3.8, 4) is 0 Å². The maximum atomic E-state index is 9.84. The lowest BCUT2D eigenvalue weighted by Gasteiger charge is -2.27. The molecule has 136 valence electrons. The van der Waals surface area contributed by atoms with Crippen LogP contribution < -0.4 is 0 Å². The lowest BCUT2D eigenvalue weighted by molar-refractivity contribution is -0.221. The number of aliphatic hydroxyl groups is 2. The Morgan fingerprint density at radius 1 is 0.826 bits per heavy atom. The van der Waals surface area contributed by atoms with Gasteiger partial charge in [-0.25, -0.2) is 0 Å². The van der Waals surface area contributed by atoms with Gasteiger partial charge in [0.25, 0.3) is 0 Å². The highest BCUT2D eigenvalue weighted by Gasteiger charge is 2.51. The van der Waals surface area contributed by atoms with Crippen LogP contribution in [0.3, 0.4) is 0 Å². The van der Waals surface area contributed by atoms with Gasteiger partial charge in [-0.1, -0.05) is 0 Å². The fraction of sp³-hybridized carbons (Fsp3) is 1.00. The summed E-state index contributed by atoms with van der Waals surface area (Å²) in [5, 5.41) is 19.2. The van der Waals surface area contributed by atoms with Gasteiger partial charge in [-0.05, 0) is 0 Å². The van der Waals surface area contributed by atoms with E-state index in [-0.39, 0.29) is 18.8 Å². The number of methoxy groups -OCH3 is 4. The molecule has 0 aliphatic carbocycles. The number of ether oxygens (including phenoxy) is 7. The van der Waals surface area contributed by atoms with Crippen LogP contribution in [-0.4, -0.2) is 101 Å². The van der Waals surface area contributed by atoms with E-state index in [9.17, 15) is 10.2 Å². The minimum absolute atomic E-state index is 0.318. The Morgan fingerprint density at radius 3 is 2.00 bits per heavy atom. The summed E-state index contributed by atoms with van der Waals surface area (Å²) in [6, 6.07) is 0. The van der Waals surface area contributed by atoms with E-state index in [0.717, 1.165) is 0 Å². The Kier molecular flexibility index (Phi) is 7.14. The van der Waals surface area contributed by atoms with Gasteiger partial charge in [0.2, 0.25) is 0 Å². The molecule has 9 nitrogen and oxygen atoms in total. The highest BCUT2D eigenvalue weighted by Crippen LogP contribution is 2.32. The van der Waals surface area contributed by atoms with Crippen molar-refractivity contribution in [3.63, 3.8) is 0 Å². The van der Waals surface area contributed by atoms with Gasteiger partial charge < -0.3 is 43.4 Å². The number of aliphatic hydroxyl groups excluding tert-OH is 2. The van der Waals surface area contributed by atoms with Gasteiger partial charge in [-0.3, -0.25) is 0 Å². The molecule has 0 bridgehead atoms. The zero-order chi connectivity index (χ0) is 17.0. The fourth-order valence-corrected chi connectivity index (χ4v) is 3.06. The van der Waals surface area contributed by atoms with E-state index in [0.29, 0.717) is 6.61 Å². The van der Waals surface area contributed by atoms with Crippen LogP contribution in [0.15, 0.2) is 0 Å². The van der Waals surface area contributed by atoms with Crippen molar-refractivity contribution in [2.75, 3.05) is 41.7 Å². The zero-order valence-electron chi connectivity index (χ0n) is 13.8. The van der Waals surface area contributed by atoms with Gasteiger partial charge in [0.15, 0.2) is 12.6 Å². The van der Waals surface area contributed by atoms with Gasteiger partial charge in [0, 0.05) is 28.4 Å². The lowest BCUT2D eigenvalue weighted by atomic mass is 10.1. The molecule has 0 amide bonds. The van der Waals surface area contributed by atoms with Crippen LogP contribution in [-0.2, 0) is 33.2 Å². The predicted molar refractivity (Wildman–Crippen MR) is 75.8 cm³/mol. The van der Waals surface area contributed by atoms with Crippen molar-refractivity contribution in [2.24, 2.45) is 0 Å². The molecule has 2 N–H and O–H groups in total. The highest BCUT2D eigenvalue weighted by atomic mass is 16.8. The molecule has 8 atom stereocenters. The molecular formula is C14H26O9. The molecule has 0 saturated carbocycles. The summed E-state index contributed by atoms with van der Waals surface area (Å²) in [6.07, 6.45) is -5.34. The van der Waals surface area contributed by atoms with Gasteiger partial charge >= 0.3 is 0 Å². The van der Waals surface area contributed by atoms with Crippen LogP contribution in [0, 0.1) is 0 Å². The van der Waals surface area contributed by atoms with Crippen molar-refractivity contribution in [3.05, 3.63) is 0 Å². The Labute approximate surface area is 135 Å². The summed E-state index contributed by atoms with van der Waals surface area (Å²) >= 11 is 0. The Hall–Kier alpha value is -0.360. The van der Waals surface area contributed by atoms with E-state index in [4.69, 9.17) is 33.2 Å². The van der Waals surface area contributed by atoms with Crippen molar-refractivity contribution >= 4 is 0 Å². The lowest BCUT2D eigenvalue weighted by Crippen LogP contribution is -2.44. The van der Waals surface area contributed by atoms with Gasteiger partial charge in [-0.2, -0.15) is 0 Å². The summed E-state index contributed by atoms with van der Waals surface area (Å²) in [5.74, 6) is 0. The van der Waals surface area contributed by atoms with Gasteiger partial charge in [0.1, 0.15) is 36.6 Å². The van der Waals surface area contributed by atoms with Crippen LogP contribution in [0.4, 0.5) is 0 Å². The molecule has 2 heterocycles. The third kappa shape index (κ3) is 3.84. The van der Waals surface area contributed by atoms with E-state index >= 15 is 0 Å². The van der Waals surface area contributed by atoms with Crippen molar-refractivity contribution in [1.29, 1.82) is 0 Å². The van der Waals surface area contributed by atoms with Gasteiger partial charge in [-0.15, -0.1) is 0 Å². The van der Waals surface area contributed by atoms with E-state index in [1.807, 2.05) is 0 Å². The summed E-state index contributed by atoms with van der Waals surface area (Å²) in [7, 11) is 6.09. The maximum Gasteiger partial charge on any atom is 0.187 e. The second-order valence-electron chi connectivity index (χ2n) is 5.45. The van der Waals surface area contributed by atoms with Crippen molar-refractivity contribution < 1.29 is 43.4 Å². The number of hydrogen-bond donors (Lipinski definition) is 2. The first-order chi connectivity index (χ1) is 11.1. The average molecular weight is 338 g/mol. The summed E-state index contributed by atoms with van der Waals surface area (Å²) < 4.78 is 38.2. The first-order valence-corrected chi connectivity index (χ1v) is 7.43. The SMILES string of the molecule is COC[C@H]1O[C@H](O[C@H]2[C@H](OC)[C@@H](O)O[C@@H]2CO)[C@@H](OC)[C@@H]1OC. The molecule has 0 aromatic heterocycles. The van der Waals surface area contributed by atoms with Crippen LogP contribution in [0.5, 0.6) is 0 Å². The first-order valence-electron chi connectivity index (χ1n) is 7.43. The fourth-order valence-electron chi connectivity index (χ4n) is 3.06. The molecule has 0 radical (unpaired) electrons. The standard InChI is InChI=1S/C14H26O9/c1-17-6-8-9(18-2)12(20-4)14(22-8)23-10-7(5-15)21-13(16)11(10)19-3/h7-16H,5-6H2,1-4H3/t7-,8-,9-,10-,11+,12+,13+,14-/m1/s1. The number of hydrogen-bond acceptors (Lipinski definition) is 9. The summed E-state index contributed by atoms with van der Waals surface area (Å²) in [6.45, 7) is 0.000312. The minimum atomic E-state index is -1.18. The Balaban J connectivity index is 2.10. The highest BCUT2D eigenvalue weighted by molar-refractivity contribution is 4.93. The summed E-state index contributed by atoms with van der Waals surface area (Å²) in [4.78, 5) is 0.